The Hall–Kier alpha value is 0.270. The Morgan fingerprint density at radius 1 is 1.00 bits per heavy atom. The van der Waals surface area contributed by atoms with Gasteiger partial charge in [0.05, 0.1) is 0 Å². The summed E-state index contributed by atoms with van der Waals surface area (Å²) < 4.78 is 7.54. The number of rotatable bonds is 3. The van der Waals surface area contributed by atoms with Crippen molar-refractivity contribution in [2.75, 3.05) is 60.9 Å². The highest BCUT2D eigenvalue weighted by atomic mass is 31.2. The minimum atomic E-state index is -0.251. The maximum atomic E-state index is 2.51. The molecule has 0 atom stereocenters. The second-order valence-corrected chi connectivity index (χ2v) is 7.30. The van der Waals surface area contributed by atoms with Crippen LogP contribution in [0.15, 0.2) is 0 Å². The molecule has 1 aliphatic rings. The Labute approximate surface area is 102 Å². The summed E-state index contributed by atoms with van der Waals surface area (Å²) in [6, 6.07) is 0. The average Bonchev–Trinajstić information content (AvgIpc) is 2.22. The lowest BCUT2D eigenvalue weighted by molar-refractivity contribution is 0.257. The van der Waals surface area contributed by atoms with Gasteiger partial charge in [-0.05, 0) is 34.6 Å². The van der Waals surface area contributed by atoms with E-state index in [0.717, 1.165) is 0 Å². The predicted molar refractivity (Wildman–Crippen MR) is 72.6 cm³/mol. The Morgan fingerprint density at radius 2 is 1.50 bits per heavy atom. The van der Waals surface area contributed by atoms with Crippen LogP contribution in [-0.4, -0.2) is 79.8 Å². The Morgan fingerprint density at radius 3 is 1.94 bits per heavy atom. The molecule has 0 bridgehead atoms. The van der Waals surface area contributed by atoms with Gasteiger partial charge in [0.25, 0.3) is 0 Å². The summed E-state index contributed by atoms with van der Waals surface area (Å²) in [6.07, 6.45) is 1.23. The molecule has 96 valence electrons. The highest BCUT2D eigenvalue weighted by Gasteiger charge is 2.26. The molecule has 0 spiro atoms. The molecular weight excluding hydrogens is 219 g/mol. The van der Waals surface area contributed by atoms with E-state index in [0.29, 0.717) is 0 Å². The van der Waals surface area contributed by atoms with Gasteiger partial charge in [-0.3, -0.25) is 14.0 Å². The van der Waals surface area contributed by atoms with Gasteiger partial charge in [-0.15, -0.1) is 0 Å². The minimum absolute atomic E-state index is 0.251. The summed E-state index contributed by atoms with van der Waals surface area (Å²) in [5.41, 5.74) is 0. The third-order valence-corrected chi connectivity index (χ3v) is 5.51. The van der Waals surface area contributed by atoms with E-state index in [1.165, 1.54) is 39.1 Å². The SMILES string of the molecule is CCCN(C)P1N(C)CCN(C)CCN1C. The molecule has 5 heteroatoms. The number of likely N-dealkylation sites (N-methyl/N-ethyl adjacent to an activating group) is 3. The normalized spacial score (nSPS) is 23.6. The van der Waals surface area contributed by atoms with E-state index in [9.17, 15) is 0 Å². The van der Waals surface area contributed by atoms with Gasteiger partial charge in [-0.2, -0.15) is 0 Å². The van der Waals surface area contributed by atoms with Crippen molar-refractivity contribution >= 4 is 8.37 Å². The van der Waals surface area contributed by atoms with Crippen LogP contribution in [0.4, 0.5) is 0 Å². The topological polar surface area (TPSA) is 13.0 Å². The van der Waals surface area contributed by atoms with Crippen LogP contribution in [-0.2, 0) is 0 Å². The van der Waals surface area contributed by atoms with Crippen LogP contribution in [0.3, 0.4) is 0 Å². The van der Waals surface area contributed by atoms with Gasteiger partial charge in [-0.25, -0.2) is 0 Å². The van der Waals surface area contributed by atoms with E-state index in [1.807, 2.05) is 0 Å². The first-order valence-electron chi connectivity index (χ1n) is 6.18. The molecule has 1 saturated heterocycles. The monoisotopic (exact) mass is 246 g/mol. The van der Waals surface area contributed by atoms with Crippen LogP contribution in [0.5, 0.6) is 0 Å². The van der Waals surface area contributed by atoms with Crippen molar-refractivity contribution in [3.63, 3.8) is 0 Å². The minimum Gasteiger partial charge on any atom is -0.304 e. The smallest absolute Gasteiger partial charge is 0.119 e. The first kappa shape index (κ1) is 14.3. The van der Waals surface area contributed by atoms with Crippen LogP contribution < -0.4 is 0 Å². The van der Waals surface area contributed by atoms with Crippen molar-refractivity contribution in [2.24, 2.45) is 0 Å². The summed E-state index contributed by atoms with van der Waals surface area (Å²) in [7, 11) is 8.74. The summed E-state index contributed by atoms with van der Waals surface area (Å²) >= 11 is 0. The van der Waals surface area contributed by atoms with Crippen molar-refractivity contribution < 1.29 is 0 Å². The van der Waals surface area contributed by atoms with Gasteiger partial charge in [0, 0.05) is 32.7 Å². The van der Waals surface area contributed by atoms with Gasteiger partial charge < -0.3 is 4.90 Å². The molecule has 1 fully saturated rings. The summed E-state index contributed by atoms with van der Waals surface area (Å²) in [5, 5.41) is 0. The summed E-state index contributed by atoms with van der Waals surface area (Å²) in [4.78, 5) is 2.42. The largest absolute Gasteiger partial charge is 0.304 e. The van der Waals surface area contributed by atoms with Gasteiger partial charge in [-0.1, -0.05) is 6.92 Å². The van der Waals surface area contributed by atoms with Gasteiger partial charge in [0.1, 0.15) is 8.37 Å². The van der Waals surface area contributed by atoms with E-state index in [2.05, 4.69) is 54.0 Å². The van der Waals surface area contributed by atoms with E-state index in [4.69, 9.17) is 0 Å². The third kappa shape index (κ3) is 3.94. The highest BCUT2D eigenvalue weighted by Crippen LogP contribution is 2.45. The maximum absolute atomic E-state index is 2.51. The van der Waals surface area contributed by atoms with Crippen LogP contribution in [0.2, 0.25) is 0 Å². The Balaban J connectivity index is 2.63. The van der Waals surface area contributed by atoms with Gasteiger partial charge >= 0.3 is 0 Å². The highest BCUT2D eigenvalue weighted by molar-refractivity contribution is 7.50. The molecule has 0 aromatic rings. The van der Waals surface area contributed by atoms with Gasteiger partial charge in [0.2, 0.25) is 0 Å². The zero-order valence-electron chi connectivity index (χ0n) is 11.5. The molecule has 4 nitrogen and oxygen atoms in total. The van der Waals surface area contributed by atoms with E-state index in [1.54, 1.807) is 0 Å². The van der Waals surface area contributed by atoms with Crippen molar-refractivity contribution in [1.82, 2.24) is 18.9 Å². The molecular formula is C11H27N4P. The lowest BCUT2D eigenvalue weighted by Gasteiger charge is -2.43. The second kappa shape index (κ2) is 6.87. The molecule has 0 saturated carbocycles. The Bertz CT molecular complexity index is 188. The van der Waals surface area contributed by atoms with Crippen molar-refractivity contribution in [3.8, 4) is 0 Å². The van der Waals surface area contributed by atoms with E-state index in [-0.39, 0.29) is 8.37 Å². The lowest BCUT2D eigenvalue weighted by Crippen LogP contribution is -2.42. The first-order valence-corrected chi connectivity index (χ1v) is 7.38. The molecule has 1 rings (SSSR count). The van der Waals surface area contributed by atoms with Crippen molar-refractivity contribution in [3.05, 3.63) is 0 Å². The number of hydrogen-bond donors (Lipinski definition) is 0. The molecule has 0 amide bonds. The molecule has 0 aromatic carbocycles. The molecule has 0 radical (unpaired) electrons. The second-order valence-electron chi connectivity index (χ2n) is 4.72. The van der Waals surface area contributed by atoms with Crippen LogP contribution in [0.25, 0.3) is 0 Å². The molecule has 1 heterocycles. The van der Waals surface area contributed by atoms with Gasteiger partial charge in [0.15, 0.2) is 0 Å². The standard InChI is InChI=1S/C11H27N4P/c1-6-7-13(3)16-14(4)10-8-12(2)9-11-15(16)5/h6-11H2,1-5H3. The van der Waals surface area contributed by atoms with Crippen molar-refractivity contribution in [2.45, 2.75) is 13.3 Å². The summed E-state index contributed by atoms with van der Waals surface area (Å²) in [6.45, 7) is 8.15. The zero-order valence-corrected chi connectivity index (χ0v) is 12.4. The first-order chi connectivity index (χ1) is 7.56. The zero-order chi connectivity index (χ0) is 12.1. The molecule has 16 heavy (non-hydrogen) atoms. The maximum Gasteiger partial charge on any atom is 0.119 e. The fourth-order valence-corrected chi connectivity index (χ4v) is 4.60. The number of hydrogen-bond acceptors (Lipinski definition) is 4. The summed E-state index contributed by atoms with van der Waals surface area (Å²) in [5.74, 6) is 0. The van der Waals surface area contributed by atoms with Crippen LogP contribution in [0.1, 0.15) is 13.3 Å². The fourth-order valence-electron chi connectivity index (χ4n) is 2.12. The fraction of sp³-hybridized carbons (Fsp3) is 1.00. The van der Waals surface area contributed by atoms with Crippen molar-refractivity contribution in [1.29, 1.82) is 0 Å². The van der Waals surface area contributed by atoms with E-state index < -0.39 is 0 Å². The third-order valence-electron chi connectivity index (χ3n) is 3.07. The molecule has 1 aliphatic heterocycles. The molecule has 0 aliphatic carbocycles. The molecule has 0 aromatic heterocycles. The molecule has 0 N–H and O–H groups in total. The Kier molecular flexibility index (Phi) is 6.16. The number of nitrogens with zero attached hydrogens (tertiary/aromatic N) is 4. The van der Waals surface area contributed by atoms with E-state index >= 15 is 0 Å². The van der Waals surface area contributed by atoms with Crippen LogP contribution in [0, 0.1) is 0 Å². The van der Waals surface area contributed by atoms with Crippen LogP contribution >= 0.6 is 8.37 Å². The predicted octanol–water partition coefficient (Wildman–Crippen LogP) is 1.36. The quantitative estimate of drug-likeness (QED) is 0.697. The molecule has 0 unspecified atom stereocenters. The lowest BCUT2D eigenvalue weighted by atomic mass is 10.5. The average molecular weight is 246 g/mol.